The van der Waals surface area contributed by atoms with E-state index in [0.29, 0.717) is 24.0 Å². The van der Waals surface area contributed by atoms with Gasteiger partial charge in [-0.15, -0.1) is 0 Å². The van der Waals surface area contributed by atoms with Crippen molar-refractivity contribution in [1.82, 2.24) is 0 Å². The quantitative estimate of drug-likeness (QED) is 0.513. The molecule has 1 aliphatic heterocycles. The van der Waals surface area contributed by atoms with Crippen LogP contribution in [0, 0.1) is 5.92 Å². The zero-order valence-electron chi connectivity index (χ0n) is 8.12. The molecule has 1 saturated heterocycles. The van der Waals surface area contributed by atoms with Crippen molar-refractivity contribution in [2.75, 3.05) is 18.1 Å². The van der Waals surface area contributed by atoms with E-state index in [2.05, 4.69) is 0 Å². The number of allylic oxidation sites excluding steroid dienone is 1. The lowest BCUT2D eigenvalue weighted by Crippen LogP contribution is -2.36. The fraction of sp³-hybridized carbons (Fsp3) is 0.778. The molecule has 1 fully saturated rings. The van der Waals surface area contributed by atoms with Crippen molar-refractivity contribution in [1.29, 1.82) is 0 Å². The zero-order valence-corrected chi connectivity index (χ0v) is 8.93. The largest absolute Gasteiger partial charge is 0.501 e. The molecule has 0 aromatic heterocycles. The van der Waals surface area contributed by atoms with Crippen LogP contribution >= 0.6 is 0 Å². The lowest BCUT2D eigenvalue weighted by Gasteiger charge is -2.25. The number of rotatable bonds is 4. The molecular formula is C9H16O3S. The molecule has 0 bridgehead atoms. The molecule has 0 N–H and O–H groups in total. The van der Waals surface area contributed by atoms with Crippen molar-refractivity contribution >= 4 is 9.84 Å². The highest BCUT2D eigenvalue weighted by Crippen LogP contribution is 2.21. The first-order chi connectivity index (χ1) is 5.99. The summed E-state index contributed by atoms with van der Waals surface area (Å²) in [5.74, 6) is 1.03. The molecule has 0 spiro atoms. The van der Waals surface area contributed by atoms with Gasteiger partial charge in [-0.1, -0.05) is 0 Å². The van der Waals surface area contributed by atoms with Crippen molar-refractivity contribution in [3.8, 4) is 0 Å². The van der Waals surface area contributed by atoms with Crippen LogP contribution in [0.4, 0.5) is 0 Å². The maximum absolute atomic E-state index is 10.8. The van der Waals surface area contributed by atoms with Crippen LogP contribution in [0.3, 0.4) is 0 Å². The summed E-state index contributed by atoms with van der Waals surface area (Å²) in [6.45, 7) is 4.56. The van der Waals surface area contributed by atoms with Gasteiger partial charge in [0, 0.05) is 0 Å². The Morgan fingerprint density at radius 3 is 2.54 bits per heavy atom. The summed E-state index contributed by atoms with van der Waals surface area (Å²) in [5, 5.41) is 0. The third-order valence-electron chi connectivity index (χ3n) is 1.94. The van der Waals surface area contributed by atoms with Crippen molar-refractivity contribution in [2.45, 2.75) is 20.3 Å². The first-order valence-electron chi connectivity index (χ1n) is 4.45. The van der Waals surface area contributed by atoms with E-state index in [4.69, 9.17) is 4.74 Å². The van der Waals surface area contributed by atoms with Crippen LogP contribution in [0.15, 0.2) is 11.8 Å². The monoisotopic (exact) mass is 204 g/mol. The molecule has 1 rings (SSSR count). The van der Waals surface area contributed by atoms with Crippen molar-refractivity contribution < 1.29 is 13.2 Å². The Labute approximate surface area is 79.7 Å². The molecule has 4 heteroatoms. The van der Waals surface area contributed by atoms with Gasteiger partial charge in [-0.25, -0.2) is 8.42 Å². The van der Waals surface area contributed by atoms with Crippen LogP contribution in [0.2, 0.25) is 0 Å². The third kappa shape index (κ3) is 3.81. The molecule has 13 heavy (non-hydrogen) atoms. The lowest BCUT2D eigenvalue weighted by molar-refractivity contribution is 0.224. The van der Waals surface area contributed by atoms with E-state index in [-0.39, 0.29) is 0 Å². The molecular weight excluding hydrogens is 188 g/mol. The molecule has 0 unspecified atom stereocenters. The number of hydrogen-bond donors (Lipinski definition) is 0. The maximum atomic E-state index is 10.8. The van der Waals surface area contributed by atoms with Crippen LogP contribution in [-0.4, -0.2) is 26.5 Å². The van der Waals surface area contributed by atoms with E-state index in [1.54, 1.807) is 6.26 Å². The van der Waals surface area contributed by atoms with Crippen LogP contribution < -0.4 is 0 Å². The van der Waals surface area contributed by atoms with E-state index in [9.17, 15) is 8.42 Å². The molecule has 0 aromatic carbocycles. The summed E-state index contributed by atoms with van der Waals surface area (Å²) in [7, 11) is -2.66. The van der Waals surface area contributed by atoms with Gasteiger partial charge in [0.1, 0.15) is 0 Å². The second-order valence-corrected chi connectivity index (χ2v) is 5.95. The number of sulfone groups is 1. The highest BCUT2D eigenvalue weighted by Gasteiger charge is 2.32. The Morgan fingerprint density at radius 1 is 1.46 bits per heavy atom. The predicted octanol–water partition coefficient (Wildman–Crippen LogP) is 1.36. The molecule has 0 radical (unpaired) electrons. The normalized spacial score (nSPS) is 20.5. The standard InChI is InChI=1S/C9H16O3S/c1-8(2)5-12-4-3-9-6-13(10,11)7-9/h5,9H,3-4,6-7H2,1-2H3. The second-order valence-electron chi connectivity index (χ2n) is 3.80. The van der Waals surface area contributed by atoms with E-state index in [1.807, 2.05) is 13.8 Å². The molecule has 0 amide bonds. The number of ether oxygens (including phenoxy) is 1. The van der Waals surface area contributed by atoms with Gasteiger partial charge in [0.05, 0.1) is 24.4 Å². The average molecular weight is 204 g/mol. The molecule has 76 valence electrons. The predicted molar refractivity (Wildman–Crippen MR) is 52.1 cm³/mol. The summed E-state index contributed by atoms with van der Waals surface area (Å²) < 4.78 is 26.8. The third-order valence-corrected chi connectivity index (χ3v) is 3.90. The van der Waals surface area contributed by atoms with Gasteiger partial charge in [-0.3, -0.25) is 0 Å². The van der Waals surface area contributed by atoms with Gasteiger partial charge in [-0.2, -0.15) is 0 Å². The highest BCUT2D eigenvalue weighted by atomic mass is 32.2. The summed E-state index contributed by atoms with van der Waals surface area (Å²) >= 11 is 0. The average Bonchev–Trinajstić information content (AvgIpc) is 1.93. The van der Waals surface area contributed by atoms with Crippen LogP contribution in [0.1, 0.15) is 20.3 Å². The Kier molecular flexibility index (Phi) is 3.36. The first kappa shape index (κ1) is 10.6. The van der Waals surface area contributed by atoms with Gasteiger partial charge in [0.15, 0.2) is 9.84 Å². The van der Waals surface area contributed by atoms with E-state index in [0.717, 1.165) is 12.0 Å². The SMILES string of the molecule is CC(C)=COCCC1CS(=O)(=O)C1. The fourth-order valence-corrected chi connectivity index (χ4v) is 2.97. The summed E-state index contributed by atoms with van der Waals surface area (Å²) in [6, 6.07) is 0. The molecule has 0 atom stereocenters. The van der Waals surface area contributed by atoms with Crippen molar-refractivity contribution in [3.05, 3.63) is 11.8 Å². The molecule has 0 aromatic rings. The number of hydrogen-bond acceptors (Lipinski definition) is 3. The van der Waals surface area contributed by atoms with Gasteiger partial charge in [0.25, 0.3) is 0 Å². The molecule has 0 aliphatic carbocycles. The summed E-state index contributed by atoms with van der Waals surface area (Å²) in [5.41, 5.74) is 1.13. The molecule has 0 saturated carbocycles. The highest BCUT2D eigenvalue weighted by molar-refractivity contribution is 7.92. The van der Waals surface area contributed by atoms with Crippen LogP contribution in [0.25, 0.3) is 0 Å². The molecule has 3 nitrogen and oxygen atoms in total. The minimum atomic E-state index is -2.66. The maximum Gasteiger partial charge on any atom is 0.150 e. The van der Waals surface area contributed by atoms with E-state index in [1.165, 1.54) is 0 Å². The minimum absolute atomic E-state index is 0.329. The van der Waals surface area contributed by atoms with Crippen molar-refractivity contribution in [2.24, 2.45) is 5.92 Å². The molecule has 1 aliphatic rings. The Morgan fingerprint density at radius 2 is 2.08 bits per heavy atom. The fourth-order valence-electron chi connectivity index (χ4n) is 1.30. The van der Waals surface area contributed by atoms with Crippen LogP contribution in [0.5, 0.6) is 0 Å². The smallest absolute Gasteiger partial charge is 0.150 e. The summed E-state index contributed by atoms with van der Waals surface area (Å²) in [6.07, 6.45) is 2.57. The van der Waals surface area contributed by atoms with Gasteiger partial charge >= 0.3 is 0 Å². The Balaban J connectivity index is 2.06. The topological polar surface area (TPSA) is 43.4 Å². The zero-order chi connectivity index (χ0) is 9.90. The van der Waals surface area contributed by atoms with Crippen molar-refractivity contribution in [3.63, 3.8) is 0 Å². The van der Waals surface area contributed by atoms with Gasteiger partial charge in [0.2, 0.25) is 0 Å². The van der Waals surface area contributed by atoms with Gasteiger partial charge < -0.3 is 4.74 Å². The summed E-state index contributed by atoms with van der Waals surface area (Å²) in [4.78, 5) is 0. The Bertz CT molecular complexity index is 274. The van der Waals surface area contributed by atoms with E-state index >= 15 is 0 Å². The van der Waals surface area contributed by atoms with Gasteiger partial charge in [-0.05, 0) is 31.8 Å². The lowest BCUT2D eigenvalue weighted by atomic mass is 10.1. The van der Waals surface area contributed by atoms with E-state index < -0.39 is 9.84 Å². The first-order valence-corrected chi connectivity index (χ1v) is 6.27. The Hall–Kier alpha value is -0.510. The molecule has 1 heterocycles. The minimum Gasteiger partial charge on any atom is -0.501 e. The second kappa shape index (κ2) is 4.13. The van der Waals surface area contributed by atoms with Crippen LogP contribution in [-0.2, 0) is 14.6 Å².